The van der Waals surface area contributed by atoms with Crippen LogP contribution in [0.15, 0.2) is 59.5 Å². The minimum absolute atomic E-state index is 0.140. The molecule has 10 heteroatoms. The van der Waals surface area contributed by atoms with Gasteiger partial charge in [-0.2, -0.15) is 13.2 Å². The van der Waals surface area contributed by atoms with E-state index in [-0.39, 0.29) is 16.9 Å². The zero-order valence-corrected chi connectivity index (χ0v) is 15.6. The fourth-order valence-corrected chi connectivity index (χ4v) is 2.68. The molecule has 0 aliphatic rings. The molecule has 7 nitrogen and oxygen atoms in total. The maximum Gasteiger partial charge on any atom is 0.416 e. The first-order valence-electron chi connectivity index (χ1n) is 8.67. The van der Waals surface area contributed by atoms with E-state index in [2.05, 4.69) is 10.3 Å². The number of hydrogen-bond acceptors (Lipinski definition) is 4. The summed E-state index contributed by atoms with van der Waals surface area (Å²) in [6.45, 7) is 1.13. The molecule has 2 aromatic carbocycles. The molecule has 1 aromatic heterocycles. The fourth-order valence-electron chi connectivity index (χ4n) is 2.68. The Labute approximate surface area is 168 Å². The van der Waals surface area contributed by atoms with Gasteiger partial charge in [0, 0.05) is 17.6 Å². The highest BCUT2D eigenvalue weighted by Crippen LogP contribution is 2.29. The van der Waals surface area contributed by atoms with Gasteiger partial charge < -0.3 is 15.0 Å². The van der Waals surface area contributed by atoms with Crippen LogP contribution in [0.2, 0.25) is 0 Å². The summed E-state index contributed by atoms with van der Waals surface area (Å²) in [7, 11) is 0. The molecular weight excluding hydrogens is 403 g/mol. The minimum atomic E-state index is -4.47. The lowest BCUT2D eigenvalue weighted by atomic mass is 10.2. The minimum Gasteiger partial charge on any atom is -0.452 e. The van der Waals surface area contributed by atoms with Gasteiger partial charge in [-0.15, -0.1) is 0 Å². The number of alkyl halides is 3. The molecule has 0 atom stereocenters. The molecule has 0 saturated heterocycles. The van der Waals surface area contributed by atoms with Crippen molar-refractivity contribution in [2.45, 2.75) is 13.1 Å². The highest BCUT2D eigenvalue weighted by Gasteiger charge is 2.30. The van der Waals surface area contributed by atoms with Gasteiger partial charge >= 0.3 is 17.8 Å². The molecule has 0 radical (unpaired) electrons. The molecular formula is C20H16F3N3O4. The number of anilines is 1. The highest BCUT2D eigenvalue weighted by atomic mass is 19.4. The zero-order valence-electron chi connectivity index (χ0n) is 15.6. The fraction of sp³-hybridized carbons (Fsp3) is 0.150. The van der Waals surface area contributed by atoms with Crippen LogP contribution in [0, 0.1) is 6.92 Å². The van der Waals surface area contributed by atoms with Gasteiger partial charge in [-0.1, -0.05) is 0 Å². The number of aromatic amines is 1. The molecule has 1 heterocycles. The van der Waals surface area contributed by atoms with Gasteiger partial charge in [0.05, 0.1) is 16.8 Å². The number of halogens is 3. The average Bonchev–Trinajstić information content (AvgIpc) is 3.04. The number of benzene rings is 2. The van der Waals surface area contributed by atoms with Crippen molar-refractivity contribution in [3.8, 4) is 5.69 Å². The SMILES string of the molecule is Cc1c[nH]c(=O)n1-c1ccc(C(=O)OCC(=O)Nc2ccc(C(F)(F)F)cc2)cc1. The van der Waals surface area contributed by atoms with Crippen molar-refractivity contribution in [1.29, 1.82) is 0 Å². The molecule has 0 spiro atoms. The summed E-state index contributed by atoms with van der Waals surface area (Å²) in [5, 5.41) is 2.34. The lowest BCUT2D eigenvalue weighted by Crippen LogP contribution is -2.21. The lowest BCUT2D eigenvalue weighted by molar-refractivity contribution is -0.137. The van der Waals surface area contributed by atoms with Crippen LogP contribution in [0.1, 0.15) is 21.6 Å². The average molecular weight is 419 g/mol. The maximum absolute atomic E-state index is 12.5. The Morgan fingerprint density at radius 2 is 1.70 bits per heavy atom. The van der Waals surface area contributed by atoms with Crippen molar-refractivity contribution in [3.05, 3.63) is 82.0 Å². The van der Waals surface area contributed by atoms with E-state index in [9.17, 15) is 27.6 Å². The number of esters is 1. The summed E-state index contributed by atoms with van der Waals surface area (Å²) >= 11 is 0. The summed E-state index contributed by atoms with van der Waals surface area (Å²) in [6.07, 6.45) is -2.92. The molecule has 1 amide bonds. The number of ether oxygens (including phenoxy) is 1. The molecule has 0 fully saturated rings. The van der Waals surface area contributed by atoms with Crippen molar-refractivity contribution in [2.75, 3.05) is 11.9 Å². The number of amides is 1. The maximum atomic E-state index is 12.5. The van der Waals surface area contributed by atoms with E-state index < -0.39 is 30.2 Å². The van der Waals surface area contributed by atoms with Crippen molar-refractivity contribution >= 4 is 17.6 Å². The third-order valence-corrected chi connectivity index (χ3v) is 4.15. The predicted octanol–water partition coefficient (Wildman–Crippen LogP) is 3.29. The number of carbonyl (C=O) groups excluding carboxylic acids is 2. The zero-order chi connectivity index (χ0) is 21.9. The van der Waals surface area contributed by atoms with E-state index in [0.717, 1.165) is 24.3 Å². The van der Waals surface area contributed by atoms with Crippen molar-refractivity contribution in [2.24, 2.45) is 0 Å². The second kappa shape index (κ2) is 8.27. The topological polar surface area (TPSA) is 93.2 Å². The molecule has 0 bridgehead atoms. The second-order valence-corrected chi connectivity index (χ2v) is 6.32. The number of rotatable bonds is 5. The van der Waals surface area contributed by atoms with Gasteiger partial charge in [0.2, 0.25) is 0 Å². The van der Waals surface area contributed by atoms with Gasteiger partial charge in [0.25, 0.3) is 5.91 Å². The molecule has 3 rings (SSSR count). The molecule has 3 aromatic rings. The number of nitrogens with one attached hydrogen (secondary N) is 2. The van der Waals surface area contributed by atoms with Gasteiger partial charge in [0.15, 0.2) is 6.61 Å². The van der Waals surface area contributed by atoms with Crippen LogP contribution in [-0.4, -0.2) is 28.0 Å². The summed E-state index contributed by atoms with van der Waals surface area (Å²) in [5.41, 5.74) is 0.392. The van der Waals surface area contributed by atoms with Gasteiger partial charge in [0.1, 0.15) is 0 Å². The van der Waals surface area contributed by atoms with E-state index in [0.29, 0.717) is 11.4 Å². The van der Waals surface area contributed by atoms with Gasteiger partial charge in [-0.25, -0.2) is 9.59 Å². The highest BCUT2D eigenvalue weighted by molar-refractivity contribution is 5.95. The normalized spacial score (nSPS) is 11.2. The summed E-state index contributed by atoms with van der Waals surface area (Å²) < 4.78 is 43.9. The first kappa shape index (κ1) is 20.9. The van der Waals surface area contributed by atoms with Crippen LogP contribution in [0.5, 0.6) is 0 Å². The van der Waals surface area contributed by atoms with Crippen LogP contribution < -0.4 is 11.0 Å². The number of aromatic nitrogens is 2. The largest absolute Gasteiger partial charge is 0.452 e. The van der Waals surface area contributed by atoms with E-state index in [1.807, 2.05) is 0 Å². The standard InChI is InChI=1S/C20H16F3N3O4/c1-12-10-24-19(29)26(12)16-8-2-13(3-9-16)18(28)30-11-17(27)25-15-6-4-14(5-7-15)20(21,22)23/h2-10H,11H2,1H3,(H,24,29)(H,25,27). The quantitative estimate of drug-likeness (QED) is 0.621. The van der Waals surface area contributed by atoms with Gasteiger partial charge in [-0.3, -0.25) is 9.36 Å². The Bertz CT molecular complexity index is 1110. The Kier molecular flexibility index (Phi) is 5.77. The third-order valence-electron chi connectivity index (χ3n) is 4.15. The number of nitrogens with zero attached hydrogens (tertiary/aromatic N) is 1. The molecule has 30 heavy (non-hydrogen) atoms. The van der Waals surface area contributed by atoms with E-state index in [4.69, 9.17) is 4.74 Å². The first-order chi connectivity index (χ1) is 14.1. The van der Waals surface area contributed by atoms with E-state index in [1.54, 1.807) is 25.3 Å². The van der Waals surface area contributed by atoms with Crippen LogP contribution >= 0.6 is 0 Å². The number of imidazole rings is 1. The molecule has 0 aliphatic carbocycles. The summed E-state index contributed by atoms with van der Waals surface area (Å²) in [4.78, 5) is 38.3. The summed E-state index contributed by atoms with van der Waals surface area (Å²) in [6, 6.07) is 9.89. The van der Waals surface area contributed by atoms with Crippen LogP contribution in [-0.2, 0) is 15.7 Å². The number of aryl methyl sites for hydroxylation is 1. The molecule has 156 valence electrons. The monoisotopic (exact) mass is 419 g/mol. The number of H-pyrrole nitrogens is 1. The van der Waals surface area contributed by atoms with Gasteiger partial charge in [-0.05, 0) is 55.5 Å². The molecule has 0 unspecified atom stereocenters. The first-order valence-corrected chi connectivity index (χ1v) is 8.67. The third kappa shape index (κ3) is 4.77. The molecule has 0 aliphatic heterocycles. The van der Waals surface area contributed by atoms with Crippen LogP contribution in [0.3, 0.4) is 0 Å². The van der Waals surface area contributed by atoms with Crippen molar-refractivity contribution in [1.82, 2.24) is 9.55 Å². The van der Waals surface area contributed by atoms with Crippen molar-refractivity contribution in [3.63, 3.8) is 0 Å². The molecule has 0 saturated carbocycles. The Hall–Kier alpha value is -3.82. The van der Waals surface area contributed by atoms with E-state index in [1.165, 1.54) is 16.7 Å². The second-order valence-electron chi connectivity index (χ2n) is 6.32. The Morgan fingerprint density at radius 3 is 2.23 bits per heavy atom. The van der Waals surface area contributed by atoms with Crippen LogP contribution in [0.25, 0.3) is 5.69 Å². The summed E-state index contributed by atoms with van der Waals surface area (Å²) in [5.74, 6) is -1.46. The van der Waals surface area contributed by atoms with Crippen molar-refractivity contribution < 1.29 is 27.5 Å². The number of carbonyl (C=O) groups is 2. The predicted molar refractivity (Wildman–Crippen MR) is 101 cm³/mol. The Morgan fingerprint density at radius 1 is 1.07 bits per heavy atom. The van der Waals surface area contributed by atoms with Crippen LogP contribution in [0.4, 0.5) is 18.9 Å². The lowest BCUT2D eigenvalue weighted by Gasteiger charge is -2.09. The smallest absolute Gasteiger partial charge is 0.416 e. The van der Waals surface area contributed by atoms with E-state index >= 15 is 0 Å². The number of hydrogen-bond donors (Lipinski definition) is 2. The molecule has 2 N–H and O–H groups in total. The Balaban J connectivity index is 1.56.